The Balaban J connectivity index is 2.80. The maximum atomic E-state index is 9.89. The minimum atomic E-state index is 0.127. The minimum Gasteiger partial charge on any atom is -0.330 e. The molecule has 0 radical (unpaired) electrons. The summed E-state index contributed by atoms with van der Waals surface area (Å²) in [5.41, 5.74) is 0. The van der Waals surface area contributed by atoms with Gasteiger partial charge in [0.1, 0.15) is 7.66 Å². The Hall–Kier alpha value is -1.12. The van der Waals surface area contributed by atoms with Gasteiger partial charge in [-0.3, -0.25) is 0 Å². The van der Waals surface area contributed by atoms with Crippen LogP contribution in [0.25, 0.3) is 0 Å². The topological polar surface area (TPSA) is 34.9 Å². The van der Waals surface area contributed by atoms with Crippen molar-refractivity contribution in [2.45, 2.75) is 6.54 Å². The summed E-state index contributed by atoms with van der Waals surface area (Å²) in [5, 5.41) is 0. The van der Waals surface area contributed by atoms with Gasteiger partial charge in [0.15, 0.2) is 0 Å². The van der Waals surface area contributed by atoms with E-state index >= 15 is 0 Å². The van der Waals surface area contributed by atoms with Crippen molar-refractivity contribution in [2.75, 3.05) is 0 Å². The first-order valence-corrected chi connectivity index (χ1v) is 2.26. The van der Waals surface area contributed by atoms with Gasteiger partial charge in [-0.2, -0.15) is 0 Å². The molecule has 42 valence electrons. The smallest absolute Gasteiger partial charge is 0.139 e. The zero-order valence-corrected chi connectivity index (χ0v) is 4.24. The van der Waals surface area contributed by atoms with E-state index in [9.17, 15) is 4.79 Å². The summed E-state index contributed by atoms with van der Waals surface area (Å²) in [6.45, 7) is 0.221. The van der Waals surface area contributed by atoms with Crippen molar-refractivity contribution >= 4 is 6.29 Å². The third-order valence-electron chi connectivity index (χ3n) is 0.779. The number of imidazole rings is 1. The van der Waals surface area contributed by atoms with Gasteiger partial charge in [-0.1, -0.05) is 0 Å². The highest BCUT2D eigenvalue weighted by Gasteiger charge is 1.81. The summed E-state index contributed by atoms with van der Waals surface area (Å²) in [7, 11) is 0. The fourth-order valence-corrected chi connectivity index (χ4v) is 0.437. The number of carbonyl (C=O) groups is 1. The Labute approximate surface area is 48.4 Å². The van der Waals surface area contributed by atoms with E-state index in [2.05, 4.69) is 4.98 Å². The lowest BCUT2D eigenvalue weighted by atomic mass is 10.7. The second-order valence-electron chi connectivity index (χ2n) is 1.35. The third kappa shape index (κ3) is 0.932. The number of aromatic nitrogens is 2. The quantitative estimate of drug-likeness (QED) is 0.506. The summed E-state index contributed by atoms with van der Waals surface area (Å²) in [6, 6.07) is 0. The van der Waals surface area contributed by atoms with Crippen molar-refractivity contribution in [2.24, 2.45) is 0 Å². The fraction of sp³-hybridized carbons (Fsp3) is 0.200. The zero-order chi connectivity index (χ0) is 6.69. The molecule has 0 saturated carbocycles. The predicted molar refractivity (Wildman–Crippen MR) is 28.3 cm³/mol. The van der Waals surface area contributed by atoms with Crippen molar-refractivity contribution in [3.8, 4) is 0 Å². The van der Waals surface area contributed by atoms with E-state index in [-0.39, 0.29) is 12.8 Å². The summed E-state index contributed by atoms with van der Waals surface area (Å²) < 4.78 is 8.50. The summed E-state index contributed by atoms with van der Waals surface area (Å²) in [6.07, 6.45) is 3.95. The second kappa shape index (κ2) is 2.26. The Morgan fingerprint density at radius 2 is 2.88 bits per heavy atom. The van der Waals surface area contributed by atoms with Crippen molar-refractivity contribution in [1.29, 1.82) is 0 Å². The zero-order valence-electron chi connectivity index (χ0n) is 5.24. The lowest BCUT2D eigenvalue weighted by Crippen LogP contribution is -1.93. The molecule has 0 aliphatic rings. The highest BCUT2D eigenvalue weighted by atomic mass is 16.1. The average Bonchev–Trinajstić information content (AvgIpc) is 2.18. The molecule has 3 heteroatoms. The Bertz CT molecular complexity index is 208. The first-order valence-electron chi connectivity index (χ1n) is 2.76. The fourth-order valence-electron chi connectivity index (χ4n) is 0.437. The van der Waals surface area contributed by atoms with Gasteiger partial charge in [0.25, 0.3) is 0 Å². The number of rotatable bonds is 2. The molecule has 0 aromatic carbocycles. The number of nitrogens with zero attached hydrogens (tertiary/aromatic N) is 2. The molecule has 1 rings (SSSR count). The SMILES string of the molecule is [2H]c1nccn1CC=O. The monoisotopic (exact) mass is 111 g/mol. The van der Waals surface area contributed by atoms with E-state index in [1.54, 1.807) is 6.20 Å². The van der Waals surface area contributed by atoms with E-state index < -0.39 is 0 Å². The molecule has 1 heterocycles. The number of carbonyl (C=O) groups excluding carboxylic acids is 1. The van der Waals surface area contributed by atoms with Crippen LogP contribution in [0.15, 0.2) is 18.7 Å². The molecule has 0 aliphatic heterocycles. The van der Waals surface area contributed by atoms with Gasteiger partial charge in [0, 0.05) is 12.4 Å². The molecule has 0 amide bonds. The highest BCUT2D eigenvalue weighted by molar-refractivity contribution is 5.48. The molecule has 0 spiro atoms. The number of aldehydes is 1. The molecular weight excluding hydrogens is 104 g/mol. The van der Waals surface area contributed by atoms with Crippen molar-refractivity contribution in [1.82, 2.24) is 9.55 Å². The second-order valence-corrected chi connectivity index (χ2v) is 1.35. The largest absolute Gasteiger partial charge is 0.330 e. The van der Waals surface area contributed by atoms with Crippen LogP contribution in [0.2, 0.25) is 0 Å². The van der Waals surface area contributed by atoms with E-state index in [1.165, 1.54) is 10.8 Å². The molecule has 0 atom stereocenters. The van der Waals surface area contributed by atoms with Crippen LogP contribution < -0.4 is 0 Å². The molecule has 3 nitrogen and oxygen atoms in total. The molecule has 1 aromatic heterocycles. The number of hydrogen-bond acceptors (Lipinski definition) is 2. The van der Waals surface area contributed by atoms with Crippen LogP contribution in [-0.4, -0.2) is 15.8 Å². The molecule has 0 unspecified atom stereocenters. The van der Waals surface area contributed by atoms with E-state index in [4.69, 9.17) is 1.37 Å². The number of hydrogen-bond donors (Lipinski definition) is 0. The molecule has 0 N–H and O–H groups in total. The van der Waals surface area contributed by atoms with Crippen LogP contribution in [-0.2, 0) is 11.3 Å². The minimum absolute atomic E-state index is 0.127. The first kappa shape index (κ1) is 3.83. The van der Waals surface area contributed by atoms with Crippen LogP contribution >= 0.6 is 0 Å². The van der Waals surface area contributed by atoms with Crippen LogP contribution in [0.5, 0.6) is 0 Å². The third-order valence-corrected chi connectivity index (χ3v) is 0.779. The lowest BCUT2D eigenvalue weighted by molar-refractivity contribution is -0.108. The lowest BCUT2D eigenvalue weighted by Gasteiger charge is -1.87. The molecule has 0 saturated heterocycles. The van der Waals surface area contributed by atoms with E-state index in [0.29, 0.717) is 0 Å². The van der Waals surface area contributed by atoms with Crippen LogP contribution in [0.1, 0.15) is 1.37 Å². The van der Waals surface area contributed by atoms with Crippen molar-refractivity contribution in [3.05, 3.63) is 18.7 Å². The van der Waals surface area contributed by atoms with Gasteiger partial charge in [-0.25, -0.2) is 4.98 Å². The van der Waals surface area contributed by atoms with Gasteiger partial charge in [0.05, 0.1) is 12.8 Å². The molecular formula is C5H6N2O. The van der Waals surface area contributed by atoms with Gasteiger partial charge in [-0.05, 0) is 0 Å². The average molecular weight is 111 g/mol. The van der Waals surface area contributed by atoms with Crippen molar-refractivity contribution < 1.29 is 6.17 Å². The molecule has 0 bridgehead atoms. The first-order chi connectivity index (χ1) is 4.34. The summed E-state index contributed by atoms with van der Waals surface area (Å²) in [5.74, 6) is 0. The molecule has 1 aromatic rings. The summed E-state index contributed by atoms with van der Waals surface area (Å²) in [4.78, 5) is 13.5. The highest BCUT2D eigenvalue weighted by Crippen LogP contribution is 1.80. The Morgan fingerprint density at radius 3 is 3.38 bits per heavy atom. The molecule has 0 aliphatic carbocycles. The van der Waals surface area contributed by atoms with Crippen molar-refractivity contribution in [3.63, 3.8) is 0 Å². The molecule has 0 fully saturated rings. The van der Waals surface area contributed by atoms with Crippen LogP contribution in [0.4, 0.5) is 0 Å². The predicted octanol–water partition coefficient (Wildman–Crippen LogP) is 0.0820. The molecule has 8 heavy (non-hydrogen) atoms. The summed E-state index contributed by atoms with van der Waals surface area (Å²) >= 11 is 0. The van der Waals surface area contributed by atoms with Gasteiger partial charge in [0.2, 0.25) is 0 Å². The van der Waals surface area contributed by atoms with Crippen LogP contribution in [0.3, 0.4) is 0 Å². The van der Waals surface area contributed by atoms with Gasteiger partial charge in [-0.15, -0.1) is 0 Å². The maximum absolute atomic E-state index is 9.89. The van der Waals surface area contributed by atoms with Gasteiger partial charge < -0.3 is 9.36 Å². The van der Waals surface area contributed by atoms with Gasteiger partial charge >= 0.3 is 0 Å². The Kier molecular flexibility index (Phi) is 1.08. The normalized spacial score (nSPS) is 10.8. The van der Waals surface area contributed by atoms with E-state index in [0.717, 1.165) is 6.29 Å². The standard InChI is InChI=1S/C5H6N2O/c8-4-3-7-2-1-6-5-7/h1-2,4-5H,3H2/i5D. The Morgan fingerprint density at radius 1 is 2.00 bits per heavy atom. The van der Waals surface area contributed by atoms with Crippen LogP contribution in [0, 0.1) is 0 Å². The van der Waals surface area contributed by atoms with E-state index in [1.807, 2.05) is 0 Å². The maximum Gasteiger partial charge on any atom is 0.139 e.